The zero-order chi connectivity index (χ0) is 14.9. The van der Waals surface area contributed by atoms with Gasteiger partial charge in [0, 0.05) is 30.1 Å². The zero-order valence-corrected chi connectivity index (χ0v) is 12.3. The lowest BCUT2D eigenvalue weighted by Gasteiger charge is -2.13. The van der Waals surface area contributed by atoms with Gasteiger partial charge < -0.3 is 4.57 Å². The first-order valence-electron chi connectivity index (χ1n) is 7.61. The van der Waals surface area contributed by atoms with Gasteiger partial charge in [-0.05, 0) is 24.5 Å². The first-order valence-corrected chi connectivity index (χ1v) is 7.61. The standard InChI is InChI=1S/C18H17N3O/c22-18-8-4-7-17-16(18)9-10-21(17)15-11-19-20(13-15)12-14-5-2-1-3-6-14/h1-3,5-6,9-11,13H,4,7-8,12H2. The molecule has 22 heavy (non-hydrogen) atoms. The monoisotopic (exact) mass is 291 g/mol. The Balaban J connectivity index is 1.63. The molecule has 4 nitrogen and oxygen atoms in total. The van der Waals surface area contributed by atoms with Crippen LogP contribution < -0.4 is 0 Å². The molecule has 1 aliphatic carbocycles. The average Bonchev–Trinajstić information content (AvgIpc) is 3.15. The Hall–Kier alpha value is -2.62. The molecule has 0 N–H and O–H groups in total. The number of aromatic nitrogens is 3. The van der Waals surface area contributed by atoms with Crippen molar-refractivity contribution in [3.63, 3.8) is 0 Å². The fourth-order valence-electron chi connectivity index (χ4n) is 3.10. The number of rotatable bonds is 3. The predicted molar refractivity (Wildman–Crippen MR) is 84.4 cm³/mol. The summed E-state index contributed by atoms with van der Waals surface area (Å²) in [4.78, 5) is 11.9. The first-order chi connectivity index (χ1) is 10.8. The van der Waals surface area contributed by atoms with Gasteiger partial charge in [0.05, 0.1) is 18.4 Å². The van der Waals surface area contributed by atoms with Crippen LogP contribution in [0.2, 0.25) is 0 Å². The van der Waals surface area contributed by atoms with Crippen LogP contribution >= 0.6 is 0 Å². The van der Waals surface area contributed by atoms with Gasteiger partial charge in [-0.1, -0.05) is 30.3 Å². The zero-order valence-electron chi connectivity index (χ0n) is 12.3. The summed E-state index contributed by atoms with van der Waals surface area (Å²) in [6, 6.07) is 12.2. The van der Waals surface area contributed by atoms with Crippen molar-refractivity contribution in [2.24, 2.45) is 0 Å². The minimum absolute atomic E-state index is 0.261. The summed E-state index contributed by atoms with van der Waals surface area (Å²) < 4.78 is 4.03. The normalized spacial score (nSPS) is 14.1. The highest BCUT2D eigenvalue weighted by atomic mass is 16.1. The van der Waals surface area contributed by atoms with E-state index in [1.807, 2.05) is 47.5 Å². The molecule has 1 aromatic carbocycles. The van der Waals surface area contributed by atoms with Crippen molar-refractivity contribution in [2.45, 2.75) is 25.8 Å². The third-order valence-electron chi connectivity index (χ3n) is 4.19. The van der Waals surface area contributed by atoms with Gasteiger partial charge in [0.1, 0.15) is 0 Å². The largest absolute Gasteiger partial charge is 0.317 e. The smallest absolute Gasteiger partial charge is 0.164 e. The van der Waals surface area contributed by atoms with E-state index >= 15 is 0 Å². The second-order valence-corrected chi connectivity index (χ2v) is 5.70. The third kappa shape index (κ3) is 2.26. The molecule has 3 aromatic rings. The van der Waals surface area contributed by atoms with Crippen LogP contribution in [-0.2, 0) is 13.0 Å². The molecule has 2 heterocycles. The molecule has 0 saturated carbocycles. The van der Waals surface area contributed by atoms with Crippen molar-refractivity contribution in [3.05, 3.63) is 71.8 Å². The molecule has 4 rings (SSSR count). The van der Waals surface area contributed by atoms with E-state index in [-0.39, 0.29) is 5.78 Å². The average molecular weight is 291 g/mol. The fourth-order valence-corrected chi connectivity index (χ4v) is 3.10. The van der Waals surface area contributed by atoms with E-state index in [1.165, 1.54) is 5.56 Å². The number of nitrogens with zero attached hydrogens (tertiary/aromatic N) is 3. The van der Waals surface area contributed by atoms with Gasteiger partial charge in [0.15, 0.2) is 5.78 Å². The van der Waals surface area contributed by atoms with Crippen LogP contribution in [0, 0.1) is 0 Å². The lowest BCUT2D eigenvalue weighted by molar-refractivity contribution is 0.0972. The highest BCUT2D eigenvalue weighted by Gasteiger charge is 2.21. The van der Waals surface area contributed by atoms with Gasteiger partial charge in [-0.2, -0.15) is 5.10 Å². The quantitative estimate of drug-likeness (QED) is 0.743. The topological polar surface area (TPSA) is 39.8 Å². The van der Waals surface area contributed by atoms with Crippen LogP contribution in [0.5, 0.6) is 0 Å². The van der Waals surface area contributed by atoms with E-state index in [9.17, 15) is 4.79 Å². The van der Waals surface area contributed by atoms with Gasteiger partial charge in [0.25, 0.3) is 0 Å². The van der Waals surface area contributed by atoms with Gasteiger partial charge in [-0.15, -0.1) is 0 Å². The van der Waals surface area contributed by atoms with Gasteiger partial charge in [-0.3, -0.25) is 9.48 Å². The van der Waals surface area contributed by atoms with Crippen LogP contribution in [0.1, 0.15) is 34.5 Å². The lowest BCUT2D eigenvalue weighted by atomic mass is 9.97. The molecular formula is C18H17N3O. The minimum atomic E-state index is 0.261. The van der Waals surface area contributed by atoms with Crippen molar-refractivity contribution < 1.29 is 4.79 Å². The molecule has 0 saturated heterocycles. The third-order valence-corrected chi connectivity index (χ3v) is 4.19. The number of carbonyl (C=O) groups is 1. The van der Waals surface area contributed by atoms with E-state index in [2.05, 4.69) is 21.8 Å². The Morgan fingerprint density at radius 2 is 1.95 bits per heavy atom. The maximum absolute atomic E-state index is 11.9. The summed E-state index contributed by atoms with van der Waals surface area (Å²) in [7, 11) is 0. The predicted octanol–water partition coefficient (Wildman–Crippen LogP) is 3.24. The fraction of sp³-hybridized carbons (Fsp3) is 0.222. The number of hydrogen-bond acceptors (Lipinski definition) is 2. The Bertz CT molecular complexity index is 814. The van der Waals surface area contributed by atoms with Gasteiger partial charge in [0.2, 0.25) is 0 Å². The van der Waals surface area contributed by atoms with Crippen molar-refractivity contribution >= 4 is 5.78 Å². The number of benzene rings is 1. The number of hydrogen-bond donors (Lipinski definition) is 0. The van der Waals surface area contributed by atoms with E-state index in [0.29, 0.717) is 6.42 Å². The number of Topliss-reactive ketones (excluding diaryl/α,β-unsaturated/α-hetero) is 1. The molecule has 2 aromatic heterocycles. The Morgan fingerprint density at radius 1 is 1.09 bits per heavy atom. The van der Waals surface area contributed by atoms with Crippen LogP contribution in [0.3, 0.4) is 0 Å². The molecule has 0 bridgehead atoms. The molecule has 0 aliphatic heterocycles. The maximum atomic E-state index is 11.9. The maximum Gasteiger partial charge on any atom is 0.164 e. The Labute approximate surface area is 129 Å². The highest BCUT2D eigenvalue weighted by molar-refractivity contribution is 5.98. The van der Waals surface area contributed by atoms with Crippen molar-refractivity contribution in [2.75, 3.05) is 0 Å². The molecule has 0 unspecified atom stereocenters. The first kappa shape index (κ1) is 13.1. The molecule has 0 amide bonds. The summed E-state index contributed by atoms with van der Waals surface area (Å²) in [5.41, 5.74) is 4.24. The lowest BCUT2D eigenvalue weighted by Crippen LogP contribution is -2.12. The number of carbonyl (C=O) groups excluding carboxylic acids is 1. The molecule has 1 aliphatic rings. The Morgan fingerprint density at radius 3 is 2.82 bits per heavy atom. The SMILES string of the molecule is O=C1CCCc2c1ccn2-c1cnn(Cc2ccccc2)c1. The minimum Gasteiger partial charge on any atom is -0.317 e. The van der Waals surface area contributed by atoms with Crippen molar-refractivity contribution in [3.8, 4) is 5.69 Å². The van der Waals surface area contributed by atoms with E-state index < -0.39 is 0 Å². The number of ketones is 1. The van der Waals surface area contributed by atoms with Gasteiger partial charge >= 0.3 is 0 Å². The summed E-state index contributed by atoms with van der Waals surface area (Å²) in [6.45, 7) is 0.753. The second kappa shape index (κ2) is 5.30. The summed E-state index contributed by atoms with van der Waals surface area (Å²) in [5, 5.41) is 4.45. The molecule has 110 valence electrons. The molecule has 0 radical (unpaired) electrons. The number of fused-ring (bicyclic) bond motifs is 1. The van der Waals surface area contributed by atoms with E-state index in [0.717, 1.165) is 36.3 Å². The Kier molecular flexibility index (Phi) is 3.15. The van der Waals surface area contributed by atoms with Gasteiger partial charge in [-0.25, -0.2) is 0 Å². The van der Waals surface area contributed by atoms with Crippen LogP contribution in [0.25, 0.3) is 5.69 Å². The highest BCUT2D eigenvalue weighted by Crippen LogP contribution is 2.25. The van der Waals surface area contributed by atoms with Crippen LogP contribution in [-0.4, -0.2) is 20.1 Å². The molecular weight excluding hydrogens is 274 g/mol. The van der Waals surface area contributed by atoms with Crippen molar-refractivity contribution in [1.82, 2.24) is 14.3 Å². The summed E-state index contributed by atoms with van der Waals surface area (Å²) in [6.07, 6.45) is 8.45. The summed E-state index contributed by atoms with van der Waals surface area (Å²) in [5.74, 6) is 0.261. The van der Waals surface area contributed by atoms with Crippen molar-refractivity contribution in [1.29, 1.82) is 0 Å². The van der Waals surface area contributed by atoms with E-state index in [1.54, 1.807) is 0 Å². The second-order valence-electron chi connectivity index (χ2n) is 5.70. The molecule has 0 atom stereocenters. The molecule has 4 heteroatoms. The van der Waals surface area contributed by atoms with Crippen LogP contribution in [0.15, 0.2) is 55.0 Å². The summed E-state index contributed by atoms with van der Waals surface area (Å²) >= 11 is 0. The molecule has 0 fully saturated rings. The van der Waals surface area contributed by atoms with E-state index in [4.69, 9.17) is 0 Å². The molecule has 0 spiro atoms. The van der Waals surface area contributed by atoms with Crippen LogP contribution in [0.4, 0.5) is 0 Å².